The van der Waals surface area contributed by atoms with Gasteiger partial charge in [0.25, 0.3) is 0 Å². The lowest BCUT2D eigenvalue weighted by Gasteiger charge is -2.02. The largest absolute Gasteiger partial charge is 0.497 e. The fraction of sp³-hybridized carbons (Fsp3) is 0.286. The SMILES string of the molecule is COc1cccc(C(=O)Cc2nc(C)c(C)[nH]2)c1. The lowest BCUT2D eigenvalue weighted by Crippen LogP contribution is -2.05. The van der Waals surface area contributed by atoms with E-state index in [1.54, 1.807) is 19.2 Å². The molecule has 0 aliphatic carbocycles. The van der Waals surface area contributed by atoms with Crippen LogP contribution < -0.4 is 4.74 Å². The van der Waals surface area contributed by atoms with Gasteiger partial charge < -0.3 is 9.72 Å². The van der Waals surface area contributed by atoms with E-state index >= 15 is 0 Å². The van der Waals surface area contributed by atoms with Crippen molar-refractivity contribution in [1.29, 1.82) is 0 Å². The van der Waals surface area contributed by atoms with Crippen molar-refractivity contribution in [2.75, 3.05) is 7.11 Å². The van der Waals surface area contributed by atoms with Crippen LogP contribution >= 0.6 is 0 Å². The van der Waals surface area contributed by atoms with Crippen molar-refractivity contribution in [3.8, 4) is 5.75 Å². The number of hydrogen-bond acceptors (Lipinski definition) is 3. The molecule has 0 saturated heterocycles. The molecule has 0 aliphatic heterocycles. The maximum Gasteiger partial charge on any atom is 0.170 e. The second-order valence-corrected chi connectivity index (χ2v) is 4.23. The molecule has 0 saturated carbocycles. The third kappa shape index (κ3) is 2.59. The van der Waals surface area contributed by atoms with Crippen molar-refractivity contribution in [2.45, 2.75) is 20.3 Å². The number of ether oxygens (including phenoxy) is 1. The van der Waals surface area contributed by atoms with E-state index in [0.717, 1.165) is 11.4 Å². The summed E-state index contributed by atoms with van der Waals surface area (Å²) in [7, 11) is 1.59. The highest BCUT2D eigenvalue weighted by Crippen LogP contribution is 2.14. The molecule has 1 aromatic heterocycles. The summed E-state index contributed by atoms with van der Waals surface area (Å²) < 4.78 is 5.10. The summed E-state index contributed by atoms with van der Waals surface area (Å²) in [6.07, 6.45) is 0.280. The van der Waals surface area contributed by atoms with Gasteiger partial charge in [-0.3, -0.25) is 4.79 Å². The van der Waals surface area contributed by atoms with Gasteiger partial charge in [0.15, 0.2) is 5.78 Å². The first-order valence-corrected chi connectivity index (χ1v) is 5.79. The first-order valence-electron chi connectivity index (χ1n) is 5.79. The topological polar surface area (TPSA) is 55.0 Å². The van der Waals surface area contributed by atoms with Crippen LogP contribution in [0.25, 0.3) is 0 Å². The van der Waals surface area contributed by atoms with Gasteiger partial charge in [0.05, 0.1) is 19.2 Å². The van der Waals surface area contributed by atoms with Gasteiger partial charge >= 0.3 is 0 Å². The molecule has 0 spiro atoms. The van der Waals surface area contributed by atoms with Crippen molar-refractivity contribution in [1.82, 2.24) is 9.97 Å². The zero-order valence-corrected chi connectivity index (χ0v) is 10.8. The van der Waals surface area contributed by atoms with Crippen molar-refractivity contribution >= 4 is 5.78 Å². The highest BCUT2D eigenvalue weighted by molar-refractivity contribution is 5.97. The summed E-state index contributed by atoms with van der Waals surface area (Å²) in [4.78, 5) is 19.5. The van der Waals surface area contributed by atoms with Crippen LogP contribution in [0, 0.1) is 13.8 Å². The Kier molecular flexibility index (Phi) is 3.46. The smallest absolute Gasteiger partial charge is 0.170 e. The normalized spacial score (nSPS) is 10.4. The lowest BCUT2D eigenvalue weighted by atomic mass is 10.1. The monoisotopic (exact) mass is 244 g/mol. The molecule has 18 heavy (non-hydrogen) atoms. The summed E-state index contributed by atoms with van der Waals surface area (Å²) in [6.45, 7) is 3.87. The second kappa shape index (κ2) is 5.04. The van der Waals surface area contributed by atoms with Crippen LogP contribution in [0.1, 0.15) is 27.6 Å². The predicted molar refractivity (Wildman–Crippen MR) is 69.1 cm³/mol. The van der Waals surface area contributed by atoms with Crippen LogP contribution in [0.2, 0.25) is 0 Å². The Morgan fingerprint density at radius 1 is 1.39 bits per heavy atom. The highest BCUT2D eigenvalue weighted by Gasteiger charge is 2.11. The van der Waals surface area contributed by atoms with E-state index in [2.05, 4.69) is 9.97 Å². The molecule has 0 radical (unpaired) electrons. The number of aromatic nitrogens is 2. The second-order valence-electron chi connectivity index (χ2n) is 4.23. The van der Waals surface area contributed by atoms with E-state index in [-0.39, 0.29) is 12.2 Å². The number of benzene rings is 1. The zero-order chi connectivity index (χ0) is 13.1. The minimum Gasteiger partial charge on any atom is -0.497 e. The highest BCUT2D eigenvalue weighted by atomic mass is 16.5. The van der Waals surface area contributed by atoms with E-state index in [1.807, 2.05) is 26.0 Å². The van der Waals surface area contributed by atoms with Gasteiger partial charge in [-0.25, -0.2) is 4.98 Å². The number of H-pyrrole nitrogens is 1. The minimum absolute atomic E-state index is 0.0302. The Morgan fingerprint density at radius 2 is 2.17 bits per heavy atom. The average Bonchev–Trinajstić information content (AvgIpc) is 2.68. The van der Waals surface area contributed by atoms with Crippen molar-refractivity contribution in [2.24, 2.45) is 0 Å². The van der Waals surface area contributed by atoms with E-state index in [9.17, 15) is 4.79 Å². The summed E-state index contributed by atoms with van der Waals surface area (Å²) in [6, 6.07) is 7.15. The minimum atomic E-state index is 0.0302. The Labute approximate surface area is 106 Å². The van der Waals surface area contributed by atoms with Crippen LogP contribution in [0.3, 0.4) is 0 Å². The molecule has 1 N–H and O–H groups in total. The first-order chi connectivity index (χ1) is 8.60. The first kappa shape index (κ1) is 12.4. The number of imidazole rings is 1. The Morgan fingerprint density at radius 3 is 2.78 bits per heavy atom. The third-order valence-corrected chi connectivity index (χ3v) is 2.90. The molecule has 0 fully saturated rings. The summed E-state index contributed by atoms with van der Waals surface area (Å²) in [5.41, 5.74) is 2.58. The summed E-state index contributed by atoms with van der Waals surface area (Å²) in [5, 5.41) is 0. The maximum absolute atomic E-state index is 12.1. The number of hydrogen-bond donors (Lipinski definition) is 1. The molecule has 0 amide bonds. The van der Waals surface area contributed by atoms with Crippen LogP contribution in [-0.2, 0) is 6.42 Å². The standard InChI is InChI=1S/C14H16N2O2/c1-9-10(2)16-14(15-9)8-13(17)11-5-4-6-12(7-11)18-3/h4-7H,8H2,1-3H3,(H,15,16). The van der Waals surface area contributed by atoms with Crippen molar-refractivity contribution < 1.29 is 9.53 Å². The number of nitrogens with one attached hydrogen (secondary N) is 1. The molecule has 1 heterocycles. The van der Waals surface area contributed by atoms with E-state index < -0.39 is 0 Å². The van der Waals surface area contributed by atoms with E-state index in [0.29, 0.717) is 17.1 Å². The number of Topliss-reactive ketones (excluding diaryl/α,β-unsaturated/α-hetero) is 1. The van der Waals surface area contributed by atoms with Gasteiger partial charge in [0.1, 0.15) is 11.6 Å². The molecular formula is C14H16N2O2. The van der Waals surface area contributed by atoms with Gasteiger partial charge in [0.2, 0.25) is 0 Å². The van der Waals surface area contributed by atoms with Gasteiger partial charge in [-0.1, -0.05) is 12.1 Å². The van der Waals surface area contributed by atoms with Crippen LogP contribution in [0.15, 0.2) is 24.3 Å². The molecule has 4 nitrogen and oxygen atoms in total. The molecule has 2 rings (SSSR count). The quantitative estimate of drug-likeness (QED) is 0.840. The zero-order valence-electron chi connectivity index (χ0n) is 10.8. The Hall–Kier alpha value is -2.10. The van der Waals surface area contributed by atoms with Crippen LogP contribution in [0.5, 0.6) is 5.75 Å². The Bertz CT molecular complexity index is 553. The molecule has 1 aromatic carbocycles. The number of methoxy groups -OCH3 is 1. The fourth-order valence-corrected chi connectivity index (χ4v) is 1.76. The average molecular weight is 244 g/mol. The van der Waals surface area contributed by atoms with Gasteiger partial charge in [-0.15, -0.1) is 0 Å². The number of ketones is 1. The van der Waals surface area contributed by atoms with Crippen molar-refractivity contribution in [3.05, 3.63) is 47.0 Å². The van der Waals surface area contributed by atoms with Gasteiger partial charge in [-0.05, 0) is 26.0 Å². The van der Waals surface area contributed by atoms with Crippen LogP contribution in [0.4, 0.5) is 0 Å². The molecule has 0 unspecified atom stereocenters. The number of carbonyl (C=O) groups excluding carboxylic acids is 1. The van der Waals surface area contributed by atoms with Gasteiger partial charge in [-0.2, -0.15) is 0 Å². The van der Waals surface area contributed by atoms with E-state index in [4.69, 9.17) is 4.74 Å². The summed E-state index contributed by atoms with van der Waals surface area (Å²) in [5.74, 6) is 1.42. The fourth-order valence-electron chi connectivity index (χ4n) is 1.76. The lowest BCUT2D eigenvalue weighted by molar-refractivity contribution is 0.0990. The predicted octanol–water partition coefficient (Wildman–Crippen LogP) is 2.46. The molecule has 4 heteroatoms. The maximum atomic E-state index is 12.1. The van der Waals surface area contributed by atoms with Crippen molar-refractivity contribution in [3.63, 3.8) is 0 Å². The number of rotatable bonds is 4. The molecular weight excluding hydrogens is 228 g/mol. The molecule has 0 aliphatic rings. The van der Waals surface area contributed by atoms with Crippen LogP contribution in [-0.4, -0.2) is 22.9 Å². The number of nitrogens with zero attached hydrogens (tertiary/aromatic N) is 1. The molecule has 2 aromatic rings. The third-order valence-electron chi connectivity index (χ3n) is 2.90. The number of aromatic amines is 1. The summed E-state index contributed by atoms with van der Waals surface area (Å²) >= 11 is 0. The number of carbonyl (C=O) groups is 1. The molecule has 94 valence electrons. The van der Waals surface area contributed by atoms with Gasteiger partial charge in [0, 0.05) is 11.3 Å². The molecule has 0 bridgehead atoms. The molecule has 0 atom stereocenters. The number of aryl methyl sites for hydroxylation is 2. The van der Waals surface area contributed by atoms with E-state index in [1.165, 1.54) is 0 Å². The Balaban J connectivity index is 2.16.